The molecule has 2 aromatic carbocycles. The minimum Gasteiger partial charge on any atom is -0.306 e. The van der Waals surface area contributed by atoms with Crippen molar-refractivity contribution < 1.29 is 9.72 Å². The van der Waals surface area contributed by atoms with E-state index in [0.29, 0.717) is 0 Å². The predicted molar refractivity (Wildman–Crippen MR) is 91.2 cm³/mol. The second-order valence-corrected chi connectivity index (χ2v) is 5.56. The Morgan fingerprint density at radius 2 is 1.87 bits per heavy atom. The fraction of sp³-hybridized carbons (Fsp3) is 0.188. The van der Waals surface area contributed by atoms with E-state index in [1.807, 2.05) is 44.2 Å². The molecule has 6 nitrogen and oxygen atoms in total. The number of carbonyl (C=O) groups is 1. The summed E-state index contributed by atoms with van der Waals surface area (Å²) in [5.74, 6) is 0. The Morgan fingerprint density at radius 1 is 1.22 bits per heavy atom. The van der Waals surface area contributed by atoms with Gasteiger partial charge in [-0.25, -0.2) is 4.79 Å². The fourth-order valence-corrected chi connectivity index (χ4v) is 2.30. The number of hydrogen-bond donors (Lipinski definition) is 1. The number of para-hydroxylation sites is 1. The molecule has 120 valence electrons. The van der Waals surface area contributed by atoms with Crippen LogP contribution in [0.5, 0.6) is 0 Å². The normalized spacial score (nSPS) is 10.4. The van der Waals surface area contributed by atoms with Gasteiger partial charge in [-0.2, -0.15) is 0 Å². The zero-order chi connectivity index (χ0) is 17.0. The zero-order valence-corrected chi connectivity index (χ0v) is 13.4. The van der Waals surface area contributed by atoms with Crippen molar-refractivity contribution in [1.82, 2.24) is 0 Å². The van der Waals surface area contributed by atoms with E-state index in [9.17, 15) is 14.9 Å². The lowest BCUT2D eigenvalue weighted by Gasteiger charge is -2.27. The van der Waals surface area contributed by atoms with Crippen LogP contribution >= 0.6 is 11.6 Å². The number of halogens is 1. The van der Waals surface area contributed by atoms with Crippen molar-refractivity contribution in [3.05, 3.63) is 63.7 Å². The highest BCUT2D eigenvalue weighted by Crippen LogP contribution is 2.28. The Labute approximate surface area is 138 Å². The van der Waals surface area contributed by atoms with Gasteiger partial charge in [-0.1, -0.05) is 29.8 Å². The molecule has 0 spiro atoms. The monoisotopic (exact) mass is 333 g/mol. The van der Waals surface area contributed by atoms with Crippen LogP contribution in [0.1, 0.15) is 13.8 Å². The van der Waals surface area contributed by atoms with Crippen molar-refractivity contribution in [2.45, 2.75) is 19.9 Å². The lowest BCUT2D eigenvalue weighted by Crippen LogP contribution is -2.40. The lowest BCUT2D eigenvalue weighted by molar-refractivity contribution is -0.384. The average molecular weight is 334 g/mol. The summed E-state index contributed by atoms with van der Waals surface area (Å²) in [6, 6.07) is 12.6. The first-order valence-corrected chi connectivity index (χ1v) is 7.37. The smallest absolute Gasteiger partial charge is 0.306 e. The minimum atomic E-state index is -0.538. The SMILES string of the molecule is CC(C)N(C(=O)Nc1cc([N+](=O)[O-])ccc1Cl)c1ccccc1. The molecular weight excluding hydrogens is 318 g/mol. The van der Waals surface area contributed by atoms with Gasteiger partial charge in [-0.05, 0) is 32.0 Å². The van der Waals surface area contributed by atoms with Crippen molar-refractivity contribution in [3.8, 4) is 0 Å². The Kier molecular flexibility index (Phi) is 5.18. The van der Waals surface area contributed by atoms with E-state index in [0.717, 1.165) is 5.69 Å². The Bertz CT molecular complexity index is 720. The molecule has 0 bridgehead atoms. The first-order chi connectivity index (χ1) is 10.9. The highest BCUT2D eigenvalue weighted by atomic mass is 35.5. The van der Waals surface area contributed by atoms with Gasteiger partial charge in [0, 0.05) is 23.9 Å². The number of urea groups is 1. The summed E-state index contributed by atoms with van der Waals surface area (Å²) in [6.45, 7) is 3.75. The maximum Gasteiger partial charge on any atom is 0.326 e. The quantitative estimate of drug-likeness (QED) is 0.651. The first kappa shape index (κ1) is 16.8. The van der Waals surface area contributed by atoms with Crippen LogP contribution < -0.4 is 10.2 Å². The molecule has 0 saturated carbocycles. The van der Waals surface area contributed by atoms with Crippen LogP contribution in [0, 0.1) is 10.1 Å². The number of benzene rings is 2. The fourth-order valence-electron chi connectivity index (χ4n) is 2.14. The van der Waals surface area contributed by atoms with Crippen molar-refractivity contribution in [2.24, 2.45) is 0 Å². The van der Waals surface area contributed by atoms with Gasteiger partial charge < -0.3 is 5.32 Å². The lowest BCUT2D eigenvalue weighted by atomic mass is 10.2. The number of amides is 2. The topological polar surface area (TPSA) is 75.5 Å². The minimum absolute atomic E-state index is 0.102. The maximum atomic E-state index is 12.6. The van der Waals surface area contributed by atoms with Crippen LogP contribution in [-0.2, 0) is 0 Å². The Hall–Kier alpha value is -2.60. The standard InChI is InChI=1S/C16H16ClN3O3/c1-11(2)19(12-6-4-3-5-7-12)16(21)18-15-10-13(20(22)23)8-9-14(15)17/h3-11H,1-2H3,(H,18,21). The molecule has 7 heteroatoms. The maximum absolute atomic E-state index is 12.6. The molecule has 0 aromatic heterocycles. The van der Waals surface area contributed by atoms with Crippen molar-refractivity contribution >= 4 is 34.7 Å². The molecule has 0 aliphatic heterocycles. The largest absolute Gasteiger partial charge is 0.326 e. The number of nitrogens with one attached hydrogen (secondary N) is 1. The van der Waals surface area contributed by atoms with E-state index in [1.165, 1.54) is 18.2 Å². The number of anilines is 2. The van der Waals surface area contributed by atoms with Crippen LogP contribution in [0.2, 0.25) is 5.02 Å². The molecule has 0 heterocycles. The van der Waals surface area contributed by atoms with Crippen molar-refractivity contribution in [3.63, 3.8) is 0 Å². The molecule has 0 atom stereocenters. The highest BCUT2D eigenvalue weighted by Gasteiger charge is 2.20. The summed E-state index contributed by atoms with van der Waals surface area (Å²) in [6.07, 6.45) is 0. The van der Waals surface area contributed by atoms with E-state index in [-0.39, 0.29) is 22.4 Å². The van der Waals surface area contributed by atoms with Gasteiger partial charge in [0.25, 0.3) is 5.69 Å². The summed E-state index contributed by atoms with van der Waals surface area (Å²) in [7, 11) is 0. The van der Waals surface area contributed by atoms with E-state index in [4.69, 9.17) is 11.6 Å². The molecule has 0 radical (unpaired) electrons. The highest BCUT2D eigenvalue weighted by molar-refractivity contribution is 6.34. The van der Waals surface area contributed by atoms with Gasteiger partial charge in [-0.3, -0.25) is 15.0 Å². The average Bonchev–Trinajstić information content (AvgIpc) is 2.50. The number of hydrogen-bond acceptors (Lipinski definition) is 3. The third-order valence-electron chi connectivity index (χ3n) is 3.17. The summed E-state index contributed by atoms with van der Waals surface area (Å²) in [5.41, 5.74) is 0.787. The number of carbonyl (C=O) groups excluding carboxylic acids is 1. The van der Waals surface area contributed by atoms with E-state index >= 15 is 0 Å². The molecule has 0 aliphatic carbocycles. The number of nitro groups is 1. The molecule has 2 aromatic rings. The van der Waals surface area contributed by atoms with E-state index in [2.05, 4.69) is 5.32 Å². The van der Waals surface area contributed by atoms with Gasteiger partial charge in [-0.15, -0.1) is 0 Å². The number of rotatable bonds is 4. The third kappa shape index (κ3) is 3.98. The molecule has 0 aliphatic rings. The van der Waals surface area contributed by atoms with E-state index in [1.54, 1.807) is 4.90 Å². The van der Waals surface area contributed by atoms with Gasteiger partial charge in [0.15, 0.2) is 0 Å². The molecule has 0 unspecified atom stereocenters. The van der Waals surface area contributed by atoms with Gasteiger partial charge >= 0.3 is 6.03 Å². The Balaban J connectivity index is 2.29. The molecular formula is C16H16ClN3O3. The van der Waals surface area contributed by atoms with Gasteiger partial charge in [0.2, 0.25) is 0 Å². The first-order valence-electron chi connectivity index (χ1n) is 6.99. The summed E-state index contributed by atoms with van der Waals surface area (Å²) < 4.78 is 0. The number of nitrogens with zero attached hydrogens (tertiary/aromatic N) is 2. The van der Waals surface area contributed by atoms with Gasteiger partial charge in [0.05, 0.1) is 15.6 Å². The summed E-state index contributed by atoms with van der Waals surface area (Å²) >= 11 is 6.02. The van der Waals surface area contributed by atoms with Crippen LogP contribution in [0.4, 0.5) is 21.9 Å². The van der Waals surface area contributed by atoms with Crippen molar-refractivity contribution in [2.75, 3.05) is 10.2 Å². The van der Waals surface area contributed by atoms with Gasteiger partial charge in [0.1, 0.15) is 0 Å². The van der Waals surface area contributed by atoms with Crippen molar-refractivity contribution in [1.29, 1.82) is 0 Å². The summed E-state index contributed by atoms with van der Waals surface area (Å²) in [5, 5.41) is 13.7. The predicted octanol–water partition coefficient (Wildman–Crippen LogP) is 4.70. The van der Waals surface area contributed by atoms with Crippen LogP contribution in [-0.4, -0.2) is 17.0 Å². The molecule has 0 fully saturated rings. The molecule has 2 amide bonds. The van der Waals surface area contributed by atoms with E-state index < -0.39 is 11.0 Å². The molecule has 1 N–H and O–H groups in total. The molecule has 23 heavy (non-hydrogen) atoms. The molecule has 2 rings (SSSR count). The summed E-state index contributed by atoms with van der Waals surface area (Å²) in [4.78, 5) is 24.4. The third-order valence-corrected chi connectivity index (χ3v) is 3.50. The van der Waals surface area contributed by atoms with Crippen LogP contribution in [0.3, 0.4) is 0 Å². The zero-order valence-electron chi connectivity index (χ0n) is 12.7. The number of nitro benzene ring substituents is 1. The second-order valence-electron chi connectivity index (χ2n) is 5.15. The number of non-ortho nitro benzene ring substituents is 1. The second kappa shape index (κ2) is 7.11. The Morgan fingerprint density at radius 3 is 2.43 bits per heavy atom. The van der Waals surface area contributed by atoms with Crippen LogP contribution in [0.15, 0.2) is 48.5 Å². The van der Waals surface area contributed by atoms with Crippen LogP contribution in [0.25, 0.3) is 0 Å². The molecule has 0 saturated heterocycles.